The van der Waals surface area contributed by atoms with Gasteiger partial charge in [0.05, 0.1) is 7.11 Å². The van der Waals surface area contributed by atoms with Gasteiger partial charge in [0.25, 0.3) is 0 Å². The van der Waals surface area contributed by atoms with E-state index < -0.39 is 10.0 Å². The summed E-state index contributed by atoms with van der Waals surface area (Å²) in [7, 11) is -2.05. The lowest BCUT2D eigenvalue weighted by molar-refractivity contribution is 0.399. The zero-order chi connectivity index (χ0) is 13.0. The highest BCUT2D eigenvalue weighted by molar-refractivity contribution is 7.89. The molecule has 2 N–H and O–H groups in total. The minimum absolute atomic E-state index is 0. The predicted molar refractivity (Wildman–Crippen MR) is 76.5 cm³/mol. The van der Waals surface area contributed by atoms with Gasteiger partial charge in [-0.3, -0.25) is 0 Å². The zero-order valence-electron chi connectivity index (χ0n) is 10.8. The van der Waals surface area contributed by atoms with E-state index in [4.69, 9.17) is 4.74 Å². The van der Waals surface area contributed by atoms with E-state index in [1.54, 1.807) is 24.3 Å². The topological polar surface area (TPSA) is 67.4 Å². The van der Waals surface area contributed by atoms with Crippen LogP contribution in [0.4, 0.5) is 0 Å². The van der Waals surface area contributed by atoms with Crippen LogP contribution in [0.5, 0.6) is 5.75 Å². The van der Waals surface area contributed by atoms with E-state index in [1.807, 2.05) is 0 Å². The third-order valence-electron chi connectivity index (χ3n) is 2.98. The second-order valence-corrected chi connectivity index (χ2v) is 6.00. The average molecular weight is 307 g/mol. The van der Waals surface area contributed by atoms with Crippen LogP contribution in [0, 0.1) is 0 Å². The van der Waals surface area contributed by atoms with Crippen molar-refractivity contribution in [3.63, 3.8) is 0 Å². The van der Waals surface area contributed by atoms with Gasteiger partial charge in [0.1, 0.15) is 10.6 Å². The first kappa shape index (κ1) is 16.2. The SMILES string of the molecule is COc1ccccc1S(=O)(=O)N[C@H]1CCCNC1.Cl. The van der Waals surface area contributed by atoms with Crippen molar-refractivity contribution < 1.29 is 13.2 Å². The Labute approximate surface area is 120 Å². The normalized spacial score (nSPS) is 19.5. The molecule has 0 aliphatic carbocycles. The summed E-state index contributed by atoms with van der Waals surface area (Å²) in [6, 6.07) is 6.59. The van der Waals surface area contributed by atoms with Crippen LogP contribution in [0.3, 0.4) is 0 Å². The molecule has 0 aromatic heterocycles. The summed E-state index contributed by atoms with van der Waals surface area (Å²) in [5.41, 5.74) is 0. The van der Waals surface area contributed by atoms with Crippen LogP contribution in [0.25, 0.3) is 0 Å². The summed E-state index contributed by atoms with van der Waals surface area (Å²) in [5, 5.41) is 3.18. The number of halogens is 1. The van der Waals surface area contributed by atoms with Crippen molar-refractivity contribution in [2.24, 2.45) is 0 Å². The van der Waals surface area contributed by atoms with Crippen LogP contribution < -0.4 is 14.8 Å². The fourth-order valence-corrected chi connectivity index (χ4v) is 3.52. The molecule has 1 atom stereocenters. The van der Waals surface area contributed by atoms with E-state index in [1.165, 1.54) is 7.11 Å². The Bertz CT molecular complexity index is 501. The van der Waals surface area contributed by atoms with Crippen molar-refractivity contribution in [3.8, 4) is 5.75 Å². The van der Waals surface area contributed by atoms with Crippen molar-refractivity contribution in [2.45, 2.75) is 23.8 Å². The smallest absolute Gasteiger partial charge is 0.244 e. The number of hydrogen-bond acceptors (Lipinski definition) is 4. The Balaban J connectivity index is 0.00000180. The number of piperidine rings is 1. The average Bonchev–Trinajstić information content (AvgIpc) is 2.39. The number of sulfonamides is 1. The van der Waals surface area contributed by atoms with Gasteiger partial charge >= 0.3 is 0 Å². The van der Waals surface area contributed by atoms with Gasteiger partial charge in [-0.15, -0.1) is 12.4 Å². The third kappa shape index (κ3) is 4.07. The third-order valence-corrected chi connectivity index (χ3v) is 4.54. The first-order valence-electron chi connectivity index (χ1n) is 5.99. The van der Waals surface area contributed by atoms with Gasteiger partial charge < -0.3 is 10.1 Å². The first-order chi connectivity index (χ1) is 8.63. The number of benzene rings is 1. The van der Waals surface area contributed by atoms with Crippen LogP contribution in [0.15, 0.2) is 29.2 Å². The van der Waals surface area contributed by atoms with Gasteiger partial charge in [-0.2, -0.15) is 0 Å². The molecule has 0 unspecified atom stereocenters. The molecule has 7 heteroatoms. The highest BCUT2D eigenvalue weighted by Crippen LogP contribution is 2.23. The largest absolute Gasteiger partial charge is 0.495 e. The number of methoxy groups -OCH3 is 1. The number of ether oxygens (including phenoxy) is 1. The molecule has 1 aromatic rings. The highest BCUT2D eigenvalue weighted by Gasteiger charge is 2.24. The second-order valence-electron chi connectivity index (χ2n) is 4.32. The monoisotopic (exact) mass is 306 g/mol. The quantitative estimate of drug-likeness (QED) is 0.875. The van der Waals surface area contributed by atoms with Crippen molar-refractivity contribution in [2.75, 3.05) is 20.2 Å². The number of hydrogen-bond donors (Lipinski definition) is 2. The molecule has 0 saturated carbocycles. The van der Waals surface area contributed by atoms with E-state index in [9.17, 15) is 8.42 Å². The molecule has 1 aromatic carbocycles. The molecule has 1 fully saturated rings. The number of nitrogens with one attached hydrogen (secondary N) is 2. The maximum atomic E-state index is 12.3. The van der Waals surface area contributed by atoms with Crippen molar-refractivity contribution >= 4 is 22.4 Å². The minimum atomic E-state index is -3.52. The molecule has 1 aliphatic heterocycles. The van der Waals surface area contributed by atoms with Gasteiger partial charge in [-0.25, -0.2) is 13.1 Å². The van der Waals surface area contributed by atoms with E-state index >= 15 is 0 Å². The van der Waals surface area contributed by atoms with Gasteiger partial charge in [-0.1, -0.05) is 12.1 Å². The van der Waals surface area contributed by atoms with Crippen LogP contribution in [0.1, 0.15) is 12.8 Å². The Morgan fingerprint density at radius 3 is 2.74 bits per heavy atom. The van der Waals surface area contributed by atoms with Crippen molar-refractivity contribution in [3.05, 3.63) is 24.3 Å². The second kappa shape index (κ2) is 7.09. The van der Waals surface area contributed by atoms with Gasteiger partial charge in [0.2, 0.25) is 10.0 Å². The fourth-order valence-electron chi connectivity index (χ4n) is 2.08. The molecule has 5 nitrogen and oxygen atoms in total. The van der Waals surface area contributed by atoms with E-state index in [-0.39, 0.29) is 23.3 Å². The Kier molecular flexibility index (Phi) is 6.06. The van der Waals surface area contributed by atoms with Crippen molar-refractivity contribution in [1.29, 1.82) is 0 Å². The van der Waals surface area contributed by atoms with Crippen LogP contribution in [-0.4, -0.2) is 34.7 Å². The van der Waals surface area contributed by atoms with E-state index in [2.05, 4.69) is 10.0 Å². The summed E-state index contributed by atoms with van der Waals surface area (Å²) in [5.74, 6) is 0.369. The fraction of sp³-hybridized carbons (Fsp3) is 0.500. The number of para-hydroxylation sites is 1. The van der Waals surface area contributed by atoms with Crippen LogP contribution in [-0.2, 0) is 10.0 Å². The molecule has 2 rings (SSSR count). The maximum Gasteiger partial charge on any atom is 0.244 e. The minimum Gasteiger partial charge on any atom is -0.495 e. The van der Waals surface area contributed by atoms with Crippen molar-refractivity contribution in [1.82, 2.24) is 10.0 Å². The van der Waals surface area contributed by atoms with Gasteiger partial charge in [0, 0.05) is 12.6 Å². The van der Waals surface area contributed by atoms with E-state index in [0.29, 0.717) is 12.3 Å². The molecule has 19 heavy (non-hydrogen) atoms. The summed E-state index contributed by atoms with van der Waals surface area (Å²) >= 11 is 0. The van der Waals surface area contributed by atoms with E-state index in [0.717, 1.165) is 19.4 Å². The molecule has 1 aliphatic rings. The lowest BCUT2D eigenvalue weighted by atomic mass is 10.1. The van der Waals surface area contributed by atoms with Gasteiger partial charge in [-0.05, 0) is 31.5 Å². The molecule has 0 spiro atoms. The van der Waals surface area contributed by atoms with Gasteiger partial charge in [0.15, 0.2) is 0 Å². The molecule has 108 valence electrons. The standard InChI is InChI=1S/C12H18N2O3S.ClH/c1-17-11-6-2-3-7-12(11)18(15,16)14-10-5-4-8-13-9-10;/h2-3,6-7,10,13-14H,4-5,8-9H2,1H3;1H/t10-;/m0./s1. The molecular weight excluding hydrogens is 288 g/mol. The lowest BCUT2D eigenvalue weighted by Gasteiger charge is -2.24. The Morgan fingerprint density at radius 2 is 2.11 bits per heavy atom. The Morgan fingerprint density at radius 1 is 1.37 bits per heavy atom. The number of rotatable bonds is 4. The summed E-state index contributed by atoms with van der Waals surface area (Å²) in [6.07, 6.45) is 1.85. The molecule has 0 bridgehead atoms. The highest BCUT2D eigenvalue weighted by atomic mass is 35.5. The van der Waals surface area contributed by atoms with Crippen LogP contribution >= 0.6 is 12.4 Å². The summed E-state index contributed by atoms with van der Waals surface area (Å²) < 4.78 is 32.3. The first-order valence-corrected chi connectivity index (χ1v) is 7.48. The predicted octanol–water partition coefficient (Wildman–Crippen LogP) is 1.15. The summed E-state index contributed by atoms with van der Waals surface area (Å²) in [4.78, 5) is 0.193. The molecular formula is C12H19ClN2O3S. The molecule has 1 saturated heterocycles. The van der Waals surface area contributed by atoms with Crippen LogP contribution in [0.2, 0.25) is 0 Å². The maximum absolute atomic E-state index is 12.3. The molecule has 0 radical (unpaired) electrons. The molecule has 0 amide bonds. The molecule has 1 heterocycles. The Hall–Kier alpha value is -0.820. The summed E-state index contributed by atoms with van der Waals surface area (Å²) in [6.45, 7) is 1.63. The lowest BCUT2D eigenvalue weighted by Crippen LogP contribution is -2.45. The zero-order valence-corrected chi connectivity index (χ0v) is 12.4.